The first-order valence-corrected chi connectivity index (χ1v) is 6.09. The van der Waals surface area contributed by atoms with Crippen molar-refractivity contribution in [1.29, 1.82) is 0 Å². The molecule has 1 unspecified atom stereocenters. The van der Waals surface area contributed by atoms with Crippen LogP contribution in [0.2, 0.25) is 0 Å². The Bertz CT molecular complexity index is 376. The molecule has 94 valence electrons. The van der Waals surface area contributed by atoms with Gasteiger partial charge in [0.05, 0.1) is 0 Å². The molecule has 3 heteroatoms. The molecule has 0 saturated heterocycles. The number of hydrogen-bond donors (Lipinski definition) is 2. The van der Waals surface area contributed by atoms with E-state index < -0.39 is 0 Å². The van der Waals surface area contributed by atoms with E-state index in [1.165, 1.54) is 11.1 Å². The maximum absolute atomic E-state index is 11.7. The van der Waals surface area contributed by atoms with Gasteiger partial charge in [-0.15, -0.1) is 0 Å². The lowest BCUT2D eigenvalue weighted by atomic mass is 9.93. The average Bonchev–Trinajstić information content (AvgIpc) is 2.29. The van der Waals surface area contributed by atoms with Crippen LogP contribution in [0.25, 0.3) is 0 Å². The standard InChI is InChI=1S/C14H22N2O/c1-10-6-4-5-7-13(10)11(2)8-14(17)16-12(3)9-15/h4-7,11-12H,8-9,15H2,1-3H3,(H,16,17)/t11?,12-/m0/s1. The van der Waals surface area contributed by atoms with Gasteiger partial charge in [-0.25, -0.2) is 0 Å². The number of benzene rings is 1. The van der Waals surface area contributed by atoms with Crippen LogP contribution in [0, 0.1) is 6.92 Å². The van der Waals surface area contributed by atoms with Crippen molar-refractivity contribution in [3.63, 3.8) is 0 Å². The van der Waals surface area contributed by atoms with Crippen LogP contribution in [0.15, 0.2) is 24.3 Å². The summed E-state index contributed by atoms with van der Waals surface area (Å²) in [5.41, 5.74) is 7.95. The highest BCUT2D eigenvalue weighted by Crippen LogP contribution is 2.22. The zero-order valence-electron chi connectivity index (χ0n) is 10.9. The third-order valence-electron chi connectivity index (χ3n) is 2.97. The van der Waals surface area contributed by atoms with E-state index in [9.17, 15) is 4.79 Å². The molecule has 0 aliphatic rings. The van der Waals surface area contributed by atoms with Gasteiger partial charge in [-0.05, 0) is 30.9 Å². The van der Waals surface area contributed by atoms with Crippen LogP contribution in [-0.4, -0.2) is 18.5 Å². The van der Waals surface area contributed by atoms with Crippen LogP contribution in [0.1, 0.15) is 37.3 Å². The second kappa shape index (κ2) is 6.40. The van der Waals surface area contributed by atoms with Crippen LogP contribution in [-0.2, 0) is 4.79 Å². The van der Waals surface area contributed by atoms with E-state index in [1.807, 2.05) is 19.1 Å². The van der Waals surface area contributed by atoms with E-state index in [2.05, 4.69) is 31.3 Å². The Morgan fingerprint density at radius 3 is 2.59 bits per heavy atom. The van der Waals surface area contributed by atoms with Crippen LogP contribution in [0.4, 0.5) is 0 Å². The largest absolute Gasteiger partial charge is 0.352 e. The molecular weight excluding hydrogens is 212 g/mol. The van der Waals surface area contributed by atoms with Crippen molar-refractivity contribution in [3.8, 4) is 0 Å². The smallest absolute Gasteiger partial charge is 0.220 e. The van der Waals surface area contributed by atoms with Crippen LogP contribution in [0.5, 0.6) is 0 Å². The highest BCUT2D eigenvalue weighted by atomic mass is 16.1. The highest BCUT2D eigenvalue weighted by molar-refractivity contribution is 5.77. The third-order valence-corrected chi connectivity index (χ3v) is 2.97. The number of rotatable bonds is 5. The SMILES string of the molecule is Cc1ccccc1C(C)CC(=O)N[C@@H](C)CN. The molecule has 0 bridgehead atoms. The fourth-order valence-electron chi connectivity index (χ4n) is 1.92. The fraction of sp³-hybridized carbons (Fsp3) is 0.500. The van der Waals surface area contributed by atoms with E-state index in [1.54, 1.807) is 0 Å². The predicted molar refractivity (Wildman–Crippen MR) is 70.9 cm³/mol. The third kappa shape index (κ3) is 4.19. The highest BCUT2D eigenvalue weighted by Gasteiger charge is 2.13. The molecule has 0 spiro atoms. The molecule has 0 aromatic heterocycles. The molecule has 0 aliphatic heterocycles. The van der Waals surface area contributed by atoms with Gasteiger partial charge in [-0.1, -0.05) is 31.2 Å². The van der Waals surface area contributed by atoms with Crippen LogP contribution >= 0.6 is 0 Å². The van der Waals surface area contributed by atoms with Gasteiger partial charge in [0.25, 0.3) is 0 Å². The van der Waals surface area contributed by atoms with Gasteiger partial charge in [-0.2, -0.15) is 0 Å². The Labute approximate surface area is 103 Å². The van der Waals surface area contributed by atoms with E-state index in [-0.39, 0.29) is 17.9 Å². The minimum Gasteiger partial charge on any atom is -0.352 e. The first-order chi connectivity index (χ1) is 8.04. The minimum absolute atomic E-state index is 0.0478. The normalized spacial score (nSPS) is 14.1. The Hall–Kier alpha value is -1.35. The molecule has 17 heavy (non-hydrogen) atoms. The van der Waals surface area contributed by atoms with E-state index >= 15 is 0 Å². The second-order valence-corrected chi connectivity index (χ2v) is 4.67. The number of nitrogens with two attached hydrogens (primary N) is 1. The molecule has 1 amide bonds. The van der Waals surface area contributed by atoms with Gasteiger partial charge in [0.15, 0.2) is 0 Å². The summed E-state index contributed by atoms with van der Waals surface area (Å²) in [6, 6.07) is 8.24. The molecule has 1 rings (SSSR count). The van der Waals surface area contributed by atoms with Gasteiger partial charge < -0.3 is 11.1 Å². The van der Waals surface area contributed by atoms with Crippen LogP contribution in [0.3, 0.4) is 0 Å². The van der Waals surface area contributed by atoms with Crippen molar-refractivity contribution in [1.82, 2.24) is 5.32 Å². The number of carbonyl (C=O) groups is 1. The van der Waals surface area contributed by atoms with E-state index in [4.69, 9.17) is 5.73 Å². The summed E-state index contributed by atoms with van der Waals surface area (Å²) in [4.78, 5) is 11.7. The summed E-state index contributed by atoms with van der Waals surface area (Å²) in [5.74, 6) is 0.305. The molecule has 0 fully saturated rings. The van der Waals surface area contributed by atoms with E-state index in [0.717, 1.165) is 0 Å². The Balaban J connectivity index is 2.58. The van der Waals surface area contributed by atoms with Gasteiger partial charge in [0, 0.05) is 19.0 Å². The number of amides is 1. The monoisotopic (exact) mass is 234 g/mol. The molecule has 3 N–H and O–H groups in total. The molecule has 1 aromatic rings. The molecular formula is C14H22N2O. The molecule has 1 aromatic carbocycles. The summed E-state index contributed by atoms with van der Waals surface area (Å²) in [7, 11) is 0. The van der Waals surface area contributed by atoms with E-state index in [0.29, 0.717) is 13.0 Å². The van der Waals surface area contributed by atoms with Crippen molar-refractivity contribution in [2.45, 2.75) is 39.2 Å². The summed E-state index contributed by atoms with van der Waals surface area (Å²) in [5, 5.41) is 2.89. The molecule has 0 saturated carbocycles. The maximum atomic E-state index is 11.7. The predicted octanol–water partition coefficient (Wildman–Crippen LogP) is 1.95. The molecule has 3 nitrogen and oxygen atoms in total. The number of nitrogens with one attached hydrogen (secondary N) is 1. The lowest BCUT2D eigenvalue weighted by Gasteiger charge is -2.16. The van der Waals surface area contributed by atoms with Crippen molar-refractivity contribution >= 4 is 5.91 Å². The number of aryl methyl sites for hydroxylation is 1. The topological polar surface area (TPSA) is 55.1 Å². The lowest BCUT2D eigenvalue weighted by Crippen LogP contribution is -2.38. The first kappa shape index (κ1) is 13.7. The van der Waals surface area contributed by atoms with Crippen molar-refractivity contribution < 1.29 is 4.79 Å². The quantitative estimate of drug-likeness (QED) is 0.818. The van der Waals surface area contributed by atoms with Crippen molar-refractivity contribution in [3.05, 3.63) is 35.4 Å². The molecule has 0 heterocycles. The van der Waals surface area contributed by atoms with Gasteiger partial charge >= 0.3 is 0 Å². The fourth-order valence-corrected chi connectivity index (χ4v) is 1.92. The Morgan fingerprint density at radius 1 is 1.35 bits per heavy atom. The first-order valence-electron chi connectivity index (χ1n) is 6.09. The van der Waals surface area contributed by atoms with Crippen molar-refractivity contribution in [2.24, 2.45) is 5.73 Å². The molecule has 0 radical (unpaired) electrons. The Morgan fingerprint density at radius 2 is 2.00 bits per heavy atom. The minimum atomic E-state index is 0.0478. The number of carbonyl (C=O) groups excluding carboxylic acids is 1. The summed E-state index contributed by atoms with van der Waals surface area (Å²) >= 11 is 0. The molecule has 2 atom stereocenters. The lowest BCUT2D eigenvalue weighted by molar-refractivity contribution is -0.121. The maximum Gasteiger partial charge on any atom is 0.220 e. The zero-order valence-corrected chi connectivity index (χ0v) is 10.9. The van der Waals surface area contributed by atoms with Crippen molar-refractivity contribution in [2.75, 3.05) is 6.54 Å². The summed E-state index contributed by atoms with van der Waals surface area (Å²) < 4.78 is 0. The van der Waals surface area contributed by atoms with Gasteiger partial charge in [-0.3, -0.25) is 4.79 Å². The van der Waals surface area contributed by atoms with Gasteiger partial charge in [0.1, 0.15) is 0 Å². The molecule has 0 aliphatic carbocycles. The summed E-state index contributed by atoms with van der Waals surface area (Å²) in [6.07, 6.45) is 0.509. The second-order valence-electron chi connectivity index (χ2n) is 4.67. The van der Waals surface area contributed by atoms with Gasteiger partial charge in [0.2, 0.25) is 5.91 Å². The zero-order chi connectivity index (χ0) is 12.8. The average molecular weight is 234 g/mol. The van der Waals surface area contributed by atoms with Crippen LogP contribution < -0.4 is 11.1 Å². The Kier molecular flexibility index (Phi) is 5.16. The number of hydrogen-bond acceptors (Lipinski definition) is 2. The summed E-state index contributed by atoms with van der Waals surface area (Å²) in [6.45, 7) is 6.54.